The summed E-state index contributed by atoms with van der Waals surface area (Å²) in [6.45, 7) is 3.42. The number of allylic oxidation sites excluding steroid dienone is 1. The van der Waals surface area contributed by atoms with E-state index in [4.69, 9.17) is 19.2 Å². The molecule has 0 fully saturated rings. The number of benzene rings is 3. The third-order valence-electron chi connectivity index (χ3n) is 5.59. The van der Waals surface area contributed by atoms with Crippen molar-refractivity contribution < 1.29 is 14.2 Å². The lowest BCUT2D eigenvalue weighted by Gasteiger charge is -2.13. The summed E-state index contributed by atoms with van der Waals surface area (Å²) >= 11 is 0. The second kappa shape index (κ2) is 10.7. The number of hydrogen-bond acceptors (Lipinski definition) is 4. The Morgan fingerprint density at radius 3 is 2.48 bits per heavy atom. The molecule has 0 aliphatic carbocycles. The van der Waals surface area contributed by atoms with E-state index in [1.165, 1.54) is 5.56 Å². The lowest BCUT2D eigenvalue weighted by atomic mass is 10.1. The van der Waals surface area contributed by atoms with Crippen molar-refractivity contribution in [3.05, 3.63) is 89.8 Å². The standard InChI is InChI=1S/C28H30N2O3/c1-4-8-21-13-16-26(27(19-21)32-3)33-18-7-17-30-25-10-6-5-9-24(25)29-28(30)20-22-11-14-23(31-2)15-12-22/h4-6,8-16,19H,7,17-18,20H2,1-3H3/b8-4+. The quantitative estimate of drug-likeness (QED) is 0.277. The summed E-state index contributed by atoms with van der Waals surface area (Å²) in [6, 6.07) is 22.5. The summed E-state index contributed by atoms with van der Waals surface area (Å²) in [6.07, 6.45) is 5.67. The lowest BCUT2D eigenvalue weighted by Crippen LogP contribution is -2.09. The third-order valence-corrected chi connectivity index (χ3v) is 5.59. The van der Waals surface area contributed by atoms with Crippen LogP contribution in [0.4, 0.5) is 0 Å². The van der Waals surface area contributed by atoms with Gasteiger partial charge in [0.2, 0.25) is 0 Å². The minimum Gasteiger partial charge on any atom is -0.497 e. The van der Waals surface area contributed by atoms with Crippen LogP contribution in [0.15, 0.2) is 72.8 Å². The molecule has 5 heteroatoms. The molecule has 0 amide bonds. The van der Waals surface area contributed by atoms with Crippen LogP contribution in [0.1, 0.15) is 30.3 Å². The van der Waals surface area contributed by atoms with Crippen molar-refractivity contribution in [2.75, 3.05) is 20.8 Å². The molecule has 5 nitrogen and oxygen atoms in total. The maximum atomic E-state index is 6.06. The molecule has 3 aromatic carbocycles. The molecular formula is C28H30N2O3. The number of hydrogen-bond donors (Lipinski definition) is 0. The molecule has 0 N–H and O–H groups in total. The molecular weight excluding hydrogens is 412 g/mol. The predicted octanol–water partition coefficient (Wildman–Crippen LogP) is 6.15. The Balaban J connectivity index is 1.46. The van der Waals surface area contributed by atoms with Crippen LogP contribution >= 0.6 is 0 Å². The maximum Gasteiger partial charge on any atom is 0.161 e. The topological polar surface area (TPSA) is 45.5 Å². The van der Waals surface area contributed by atoms with E-state index in [9.17, 15) is 0 Å². The molecule has 170 valence electrons. The van der Waals surface area contributed by atoms with Crippen LogP contribution < -0.4 is 14.2 Å². The van der Waals surface area contributed by atoms with Crippen LogP contribution in [0, 0.1) is 0 Å². The van der Waals surface area contributed by atoms with E-state index in [2.05, 4.69) is 34.9 Å². The molecule has 0 atom stereocenters. The summed E-state index contributed by atoms with van der Waals surface area (Å²) in [5.41, 5.74) is 4.46. The van der Waals surface area contributed by atoms with E-state index in [1.54, 1.807) is 14.2 Å². The van der Waals surface area contributed by atoms with Crippen molar-refractivity contribution in [2.24, 2.45) is 0 Å². The van der Waals surface area contributed by atoms with Gasteiger partial charge in [-0.3, -0.25) is 0 Å². The fourth-order valence-corrected chi connectivity index (χ4v) is 3.94. The van der Waals surface area contributed by atoms with Crippen LogP contribution in [0.5, 0.6) is 17.2 Å². The van der Waals surface area contributed by atoms with Gasteiger partial charge in [-0.1, -0.05) is 42.5 Å². The molecule has 0 aliphatic heterocycles. The highest BCUT2D eigenvalue weighted by atomic mass is 16.5. The first-order chi connectivity index (χ1) is 16.2. The first kappa shape index (κ1) is 22.5. The fraction of sp³-hybridized carbons (Fsp3) is 0.250. The average molecular weight is 443 g/mol. The van der Waals surface area contributed by atoms with Crippen LogP contribution in [0.3, 0.4) is 0 Å². The summed E-state index contributed by atoms with van der Waals surface area (Å²) in [5, 5.41) is 0. The van der Waals surface area contributed by atoms with Crippen molar-refractivity contribution in [1.82, 2.24) is 9.55 Å². The van der Waals surface area contributed by atoms with E-state index in [1.807, 2.05) is 55.5 Å². The number of nitrogens with zero attached hydrogens (tertiary/aromatic N) is 2. The van der Waals surface area contributed by atoms with Crippen LogP contribution in [0.2, 0.25) is 0 Å². The van der Waals surface area contributed by atoms with E-state index in [0.29, 0.717) is 6.61 Å². The van der Waals surface area contributed by atoms with E-state index >= 15 is 0 Å². The Morgan fingerprint density at radius 1 is 0.909 bits per heavy atom. The number of ether oxygens (including phenoxy) is 3. The molecule has 4 rings (SSSR count). The van der Waals surface area contributed by atoms with Crippen molar-refractivity contribution >= 4 is 17.1 Å². The van der Waals surface area contributed by atoms with Gasteiger partial charge in [-0.2, -0.15) is 0 Å². The normalized spacial score (nSPS) is 11.2. The number of rotatable bonds is 10. The van der Waals surface area contributed by atoms with Gasteiger partial charge in [0, 0.05) is 13.0 Å². The molecule has 0 saturated carbocycles. The molecule has 1 heterocycles. The summed E-state index contributed by atoms with van der Waals surface area (Å²) < 4.78 is 19.2. The van der Waals surface area contributed by atoms with Gasteiger partial charge >= 0.3 is 0 Å². The number of methoxy groups -OCH3 is 2. The Bertz CT molecular complexity index is 1230. The van der Waals surface area contributed by atoms with Gasteiger partial charge in [-0.15, -0.1) is 0 Å². The Morgan fingerprint density at radius 2 is 1.73 bits per heavy atom. The van der Waals surface area contributed by atoms with Crippen molar-refractivity contribution in [3.63, 3.8) is 0 Å². The largest absolute Gasteiger partial charge is 0.497 e. The molecule has 0 saturated heterocycles. The molecule has 0 radical (unpaired) electrons. The van der Waals surface area contributed by atoms with E-state index in [0.717, 1.165) is 59.1 Å². The molecule has 33 heavy (non-hydrogen) atoms. The van der Waals surface area contributed by atoms with Gasteiger partial charge in [-0.05, 0) is 60.9 Å². The van der Waals surface area contributed by atoms with Gasteiger partial charge in [0.1, 0.15) is 11.6 Å². The molecule has 4 aromatic rings. The molecule has 1 aromatic heterocycles. The molecule has 0 spiro atoms. The Hall–Kier alpha value is -3.73. The highest BCUT2D eigenvalue weighted by Gasteiger charge is 2.12. The number of imidazole rings is 1. The van der Waals surface area contributed by atoms with Crippen LogP contribution in [0.25, 0.3) is 17.1 Å². The van der Waals surface area contributed by atoms with Crippen molar-refractivity contribution in [1.29, 1.82) is 0 Å². The SMILES string of the molecule is C/C=C/c1ccc(OCCCn2c(Cc3ccc(OC)cc3)nc3ccccc32)c(OC)c1. The van der Waals surface area contributed by atoms with Gasteiger partial charge < -0.3 is 18.8 Å². The number of aromatic nitrogens is 2. The van der Waals surface area contributed by atoms with E-state index < -0.39 is 0 Å². The minimum atomic E-state index is 0.591. The highest BCUT2D eigenvalue weighted by molar-refractivity contribution is 5.76. The van der Waals surface area contributed by atoms with Crippen LogP contribution in [-0.2, 0) is 13.0 Å². The van der Waals surface area contributed by atoms with Crippen molar-refractivity contribution in [2.45, 2.75) is 26.3 Å². The monoisotopic (exact) mass is 442 g/mol. The summed E-state index contributed by atoms with van der Waals surface area (Å²) in [4.78, 5) is 4.91. The van der Waals surface area contributed by atoms with Gasteiger partial charge in [-0.25, -0.2) is 4.98 Å². The second-order valence-corrected chi connectivity index (χ2v) is 7.81. The smallest absolute Gasteiger partial charge is 0.161 e. The number of aryl methyl sites for hydroxylation is 1. The summed E-state index contributed by atoms with van der Waals surface area (Å²) in [5.74, 6) is 3.42. The van der Waals surface area contributed by atoms with E-state index in [-0.39, 0.29) is 0 Å². The van der Waals surface area contributed by atoms with Gasteiger partial charge in [0.05, 0.1) is 31.9 Å². The fourth-order valence-electron chi connectivity index (χ4n) is 3.94. The highest BCUT2D eigenvalue weighted by Crippen LogP contribution is 2.29. The zero-order chi connectivity index (χ0) is 23.0. The average Bonchev–Trinajstić information content (AvgIpc) is 3.20. The predicted molar refractivity (Wildman–Crippen MR) is 133 cm³/mol. The number of para-hydroxylation sites is 2. The Kier molecular flexibility index (Phi) is 7.30. The van der Waals surface area contributed by atoms with Crippen LogP contribution in [-0.4, -0.2) is 30.4 Å². The third kappa shape index (κ3) is 5.37. The maximum absolute atomic E-state index is 6.06. The zero-order valence-corrected chi connectivity index (χ0v) is 19.5. The van der Waals surface area contributed by atoms with Crippen molar-refractivity contribution in [3.8, 4) is 17.2 Å². The number of fused-ring (bicyclic) bond motifs is 1. The lowest BCUT2D eigenvalue weighted by molar-refractivity contribution is 0.282. The van der Waals surface area contributed by atoms with Gasteiger partial charge in [0.15, 0.2) is 11.5 Å². The molecule has 0 bridgehead atoms. The molecule has 0 aliphatic rings. The summed E-state index contributed by atoms with van der Waals surface area (Å²) in [7, 11) is 3.35. The van der Waals surface area contributed by atoms with Gasteiger partial charge in [0.25, 0.3) is 0 Å². The Labute approximate surface area is 195 Å². The minimum absolute atomic E-state index is 0.591. The first-order valence-corrected chi connectivity index (χ1v) is 11.2. The molecule has 0 unspecified atom stereocenters. The zero-order valence-electron chi connectivity index (χ0n) is 19.5. The second-order valence-electron chi connectivity index (χ2n) is 7.81. The first-order valence-electron chi connectivity index (χ1n) is 11.2.